The van der Waals surface area contributed by atoms with Crippen LogP contribution in [0.25, 0.3) is 0 Å². The maximum atomic E-state index is 12.5. The van der Waals surface area contributed by atoms with Gasteiger partial charge in [0.2, 0.25) is 0 Å². The Balaban J connectivity index is 2.07. The lowest BCUT2D eigenvalue weighted by molar-refractivity contribution is 0.208. The van der Waals surface area contributed by atoms with Crippen molar-refractivity contribution < 1.29 is 4.79 Å². The van der Waals surface area contributed by atoms with E-state index in [-0.39, 0.29) is 6.03 Å². The fourth-order valence-corrected chi connectivity index (χ4v) is 2.35. The highest BCUT2D eigenvalue weighted by atomic mass is 35.5. The Hall–Kier alpha value is -2.00. The number of benzene rings is 2. The van der Waals surface area contributed by atoms with Crippen LogP contribution in [0.15, 0.2) is 54.6 Å². The number of nitrogens with zero attached hydrogens (tertiary/aromatic N) is 1. The summed E-state index contributed by atoms with van der Waals surface area (Å²) in [6.45, 7) is 3.44. The molecule has 0 saturated heterocycles. The number of hydrogen-bond donors (Lipinski definition) is 1. The second-order valence-corrected chi connectivity index (χ2v) is 5.58. The lowest BCUT2D eigenvalue weighted by atomic mass is 10.2. The molecule has 0 aromatic heterocycles. The molecule has 0 heterocycles. The first-order valence-electron chi connectivity index (χ1n) is 7.55. The number of anilines is 1. The van der Waals surface area contributed by atoms with E-state index in [2.05, 4.69) is 12.2 Å². The molecule has 116 valence electrons. The Morgan fingerprint density at radius 1 is 1.09 bits per heavy atom. The van der Waals surface area contributed by atoms with Crippen molar-refractivity contribution >= 4 is 23.3 Å². The molecule has 2 amide bonds. The predicted octanol–water partition coefficient (Wildman–Crippen LogP) is 5.17. The van der Waals surface area contributed by atoms with Crippen LogP contribution in [0.3, 0.4) is 0 Å². The number of unbranched alkanes of at least 4 members (excludes halogenated alkanes) is 1. The standard InChI is InChI=1S/C18H21ClN2O/c1-2-3-13-21(14-15-9-5-4-6-10-15)18(22)20-17-12-8-7-11-16(17)19/h4-12H,2-3,13-14H2,1H3,(H,20,22). The number of carbonyl (C=O) groups is 1. The number of halogens is 1. The fourth-order valence-electron chi connectivity index (χ4n) is 2.16. The molecule has 0 unspecified atom stereocenters. The number of urea groups is 1. The van der Waals surface area contributed by atoms with Crippen molar-refractivity contribution in [3.8, 4) is 0 Å². The minimum Gasteiger partial charge on any atom is -0.320 e. The largest absolute Gasteiger partial charge is 0.322 e. The van der Waals surface area contributed by atoms with Gasteiger partial charge in [-0.1, -0.05) is 67.4 Å². The smallest absolute Gasteiger partial charge is 0.320 e. The summed E-state index contributed by atoms with van der Waals surface area (Å²) in [6, 6.07) is 17.2. The van der Waals surface area contributed by atoms with E-state index in [1.54, 1.807) is 12.1 Å². The van der Waals surface area contributed by atoms with Gasteiger partial charge in [0.05, 0.1) is 10.7 Å². The Kier molecular flexibility index (Phi) is 6.28. The molecule has 4 heteroatoms. The number of amides is 2. The summed E-state index contributed by atoms with van der Waals surface area (Å²) in [7, 11) is 0. The molecule has 22 heavy (non-hydrogen) atoms. The molecule has 0 saturated carbocycles. The molecule has 0 aliphatic rings. The predicted molar refractivity (Wildman–Crippen MR) is 92.2 cm³/mol. The van der Waals surface area contributed by atoms with Gasteiger partial charge in [0, 0.05) is 13.1 Å². The summed E-state index contributed by atoms with van der Waals surface area (Å²) < 4.78 is 0. The Bertz CT molecular complexity index is 601. The lowest BCUT2D eigenvalue weighted by Crippen LogP contribution is -2.35. The Morgan fingerprint density at radius 3 is 2.45 bits per heavy atom. The topological polar surface area (TPSA) is 32.3 Å². The van der Waals surface area contributed by atoms with Crippen molar-refractivity contribution in [3.63, 3.8) is 0 Å². The van der Waals surface area contributed by atoms with Gasteiger partial charge in [-0.2, -0.15) is 0 Å². The van der Waals surface area contributed by atoms with Crippen molar-refractivity contribution in [1.82, 2.24) is 4.90 Å². The van der Waals surface area contributed by atoms with E-state index in [0.29, 0.717) is 17.3 Å². The molecule has 0 bridgehead atoms. The molecular weight excluding hydrogens is 296 g/mol. The van der Waals surface area contributed by atoms with Gasteiger partial charge >= 0.3 is 6.03 Å². The van der Waals surface area contributed by atoms with Crippen LogP contribution in [-0.4, -0.2) is 17.5 Å². The summed E-state index contributed by atoms with van der Waals surface area (Å²) in [5.41, 5.74) is 1.76. The van der Waals surface area contributed by atoms with E-state index in [1.165, 1.54) is 0 Å². The molecule has 2 aromatic rings. The van der Waals surface area contributed by atoms with Crippen LogP contribution in [0, 0.1) is 0 Å². The summed E-state index contributed by atoms with van der Waals surface area (Å²) >= 11 is 6.10. The summed E-state index contributed by atoms with van der Waals surface area (Å²) in [6.07, 6.45) is 2.02. The third kappa shape index (κ3) is 4.78. The summed E-state index contributed by atoms with van der Waals surface area (Å²) in [5.74, 6) is 0. The number of hydrogen-bond acceptors (Lipinski definition) is 1. The van der Waals surface area contributed by atoms with Crippen molar-refractivity contribution in [1.29, 1.82) is 0 Å². The van der Waals surface area contributed by atoms with E-state index in [0.717, 1.165) is 24.9 Å². The monoisotopic (exact) mass is 316 g/mol. The summed E-state index contributed by atoms with van der Waals surface area (Å²) in [4.78, 5) is 14.4. The van der Waals surface area contributed by atoms with Crippen LogP contribution in [0.1, 0.15) is 25.3 Å². The minimum atomic E-state index is -0.120. The van der Waals surface area contributed by atoms with Gasteiger partial charge in [-0.15, -0.1) is 0 Å². The lowest BCUT2D eigenvalue weighted by Gasteiger charge is -2.23. The highest BCUT2D eigenvalue weighted by molar-refractivity contribution is 6.33. The minimum absolute atomic E-state index is 0.120. The van der Waals surface area contributed by atoms with Gasteiger partial charge in [-0.05, 0) is 24.1 Å². The molecule has 0 spiro atoms. The molecule has 1 N–H and O–H groups in total. The van der Waals surface area contributed by atoms with Gasteiger partial charge in [0.25, 0.3) is 0 Å². The first-order chi connectivity index (χ1) is 10.7. The zero-order valence-corrected chi connectivity index (χ0v) is 13.5. The van der Waals surface area contributed by atoms with Crippen molar-refractivity contribution in [2.24, 2.45) is 0 Å². The van der Waals surface area contributed by atoms with Crippen molar-refractivity contribution in [2.45, 2.75) is 26.3 Å². The molecular formula is C18H21ClN2O. The van der Waals surface area contributed by atoms with E-state index in [9.17, 15) is 4.79 Å². The normalized spacial score (nSPS) is 10.3. The van der Waals surface area contributed by atoms with Gasteiger partial charge in [0.15, 0.2) is 0 Å². The van der Waals surface area contributed by atoms with Crippen LogP contribution in [-0.2, 0) is 6.54 Å². The van der Waals surface area contributed by atoms with Crippen LogP contribution < -0.4 is 5.32 Å². The van der Waals surface area contributed by atoms with E-state index < -0.39 is 0 Å². The second kappa shape index (κ2) is 8.44. The van der Waals surface area contributed by atoms with Crippen LogP contribution in [0.4, 0.5) is 10.5 Å². The zero-order valence-electron chi connectivity index (χ0n) is 12.8. The molecule has 0 fully saturated rings. The number of para-hydroxylation sites is 1. The van der Waals surface area contributed by atoms with Crippen LogP contribution >= 0.6 is 11.6 Å². The molecule has 0 aliphatic heterocycles. The molecule has 0 atom stereocenters. The maximum absolute atomic E-state index is 12.5. The van der Waals surface area contributed by atoms with Gasteiger partial charge in [-0.25, -0.2) is 4.79 Å². The Labute approximate surface area is 136 Å². The van der Waals surface area contributed by atoms with Crippen LogP contribution in [0.2, 0.25) is 5.02 Å². The third-order valence-electron chi connectivity index (χ3n) is 3.40. The summed E-state index contributed by atoms with van der Waals surface area (Å²) in [5, 5.41) is 3.44. The van der Waals surface area contributed by atoms with Gasteiger partial charge in [0.1, 0.15) is 0 Å². The van der Waals surface area contributed by atoms with Crippen LogP contribution in [0.5, 0.6) is 0 Å². The number of carbonyl (C=O) groups excluding carboxylic acids is 1. The first kappa shape index (κ1) is 16.4. The second-order valence-electron chi connectivity index (χ2n) is 5.17. The SMILES string of the molecule is CCCCN(Cc1ccccc1)C(=O)Nc1ccccc1Cl. The number of rotatable bonds is 6. The van der Waals surface area contributed by atoms with Gasteiger partial charge < -0.3 is 10.2 Å². The molecule has 0 radical (unpaired) electrons. The zero-order chi connectivity index (χ0) is 15.8. The molecule has 3 nitrogen and oxygen atoms in total. The number of nitrogens with one attached hydrogen (secondary N) is 1. The molecule has 2 aromatic carbocycles. The average Bonchev–Trinajstić information content (AvgIpc) is 2.54. The van der Waals surface area contributed by atoms with Crippen molar-refractivity contribution in [3.05, 3.63) is 65.2 Å². The fraction of sp³-hybridized carbons (Fsp3) is 0.278. The highest BCUT2D eigenvalue weighted by Crippen LogP contribution is 2.21. The highest BCUT2D eigenvalue weighted by Gasteiger charge is 2.14. The first-order valence-corrected chi connectivity index (χ1v) is 7.93. The van der Waals surface area contributed by atoms with E-state index >= 15 is 0 Å². The van der Waals surface area contributed by atoms with Gasteiger partial charge in [-0.3, -0.25) is 0 Å². The Morgan fingerprint density at radius 2 is 1.77 bits per heavy atom. The van der Waals surface area contributed by atoms with Crippen molar-refractivity contribution in [2.75, 3.05) is 11.9 Å². The maximum Gasteiger partial charge on any atom is 0.322 e. The van der Waals surface area contributed by atoms with E-state index in [4.69, 9.17) is 11.6 Å². The molecule has 0 aliphatic carbocycles. The average molecular weight is 317 g/mol. The third-order valence-corrected chi connectivity index (χ3v) is 3.73. The van der Waals surface area contributed by atoms with E-state index in [1.807, 2.05) is 47.4 Å². The quantitative estimate of drug-likeness (QED) is 0.783. The molecule has 2 rings (SSSR count).